The summed E-state index contributed by atoms with van der Waals surface area (Å²) in [5.74, 6) is 1.22. The fraction of sp³-hybridized carbons (Fsp3) is 0.353. The van der Waals surface area contributed by atoms with Crippen LogP contribution in [0.2, 0.25) is 0 Å². The summed E-state index contributed by atoms with van der Waals surface area (Å²) in [6, 6.07) is 9.62. The number of pyridine rings is 2. The first-order chi connectivity index (χ1) is 10.8. The van der Waals surface area contributed by atoms with Crippen molar-refractivity contribution in [2.45, 2.75) is 18.8 Å². The number of hydrogen-bond donors (Lipinski definition) is 1. The standard InChI is InChI=1S/C17H20N4O/c1-18-16-8-2-7-15(20-16)14-6-4-10-21(12-14)17(22)13-5-3-9-19-11-13/h2-3,5,7-9,11,14H,4,6,10,12H2,1H3,(H,18,20)/t14-/m0/s1. The Morgan fingerprint density at radius 3 is 3.00 bits per heavy atom. The number of piperidine rings is 1. The Balaban J connectivity index is 1.75. The van der Waals surface area contributed by atoms with Crippen molar-refractivity contribution >= 4 is 11.7 Å². The maximum absolute atomic E-state index is 12.6. The van der Waals surface area contributed by atoms with E-state index >= 15 is 0 Å². The lowest BCUT2D eigenvalue weighted by molar-refractivity contribution is 0.0705. The molecule has 1 N–H and O–H groups in total. The van der Waals surface area contributed by atoms with E-state index in [4.69, 9.17) is 0 Å². The van der Waals surface area contributed by atoms with Crippen LogP contribution in [0.15, 0.2) is 42.7 Å². The number of likely N-dealkylation sites (tertiary alicyclic amines) is 1. The molecule has 22 heavy (non-hydrogen) atoms. The predicted octanol–water partition coefficient (Wildman–Crippen LogP) is 2.54. The van der Waals surface area contributed by atoms with Crippen molar-refractivity contribution in [1.82, 2.24) is 14.9 Å². The molecular weight excluding hydrogens is 276 g/mol. The van der Waals surface area contributed by atoms with Crippen LogP contribution in [0.5, 0.6) is 0 Å². The summed E-state index contributed by atoms with van der Waals surface area (Å²) in [7, 11) is 1.87. The summed E-state index contributed by atoms with van der Waals surface area (Å²) < 4.78 is 0. The Labute approximate surface area is 130 Å². The molecular formula is C17H20N4O. The Hall–Kier alpha value is -2.43. The highest BCUT2D eigenvalue weighted by Crippen LogP contribution is 2.27. The Kier molecular flexibility index (Phi) is 4.32. The van der Waals surface area contributed by atoms with Crippen molar-refractivity contribution in [2.75, 3.05) is 25.5 Å². The van der Waals surface area contributed by atoms with Gasteiger partial charge in [0.05, 0.1) is 5.56 Å². The molecule has 1 amide bonds. The zero-order chi connectivity index (χ0) is 15.4. The van der Waals surface area contributed by atoms with Crippen LogP contribution in [-0.4, -0.2) is 40.9 Å². The van der Waals surface area contributed by atoms with Crippen molar-refractivity contribution in [1.29, 1.82) is 0 Å². The number of carbonyl (C=O) groups is 1. The van der Waals surface area contributed by atoms with Gasteiger partial charge in [0.15, 0.2) is 0 Å². The number of aromatic nitrogens is 2. The lowest BCUT2D eigenvalue weighted by Crippen LogP contribution is -2.39. The molecule has 5 heteroatoms. The van der Waals surface area contributed by atoms with Gasteiger partial charge >= 0.3 is 0 Å². The van der Waals surface area contributed by atoms with Crippen LogP contribution in [0.1, 0.15) is 34.8 Å². The number of carbonyl (C=O) groups excluding carboxylic acids is 1. The van der Waals surface area contributed by atoms with E-state index < -0.39 is 0 Å². The molecule has 0 radical (unpaired) electrons. The SMILES string of the molecule is CNc1cccc([C@H]2CCCN(C(=O)c3cccnc3)C2)n1. The van der Waals surface area contributed by atoms with Gasteiger partial charge in [0.1, 0.15) is 5.82 Å². The van der Waals surface area contributed by atoms with E-state index in [0.29, 0.717) is 18.0 Å². The van der Waals surface area contributed by atoms with E-state index in [0.717, 1.165) is 30.9 Å². The maximum atomic E-state index is 12.6. The first kappa shape index (κ1) is 14.5. The summed E-state index contributed by atoms with van der Waals surface area (Å²) in [5.41, 5.74) is 1.70. The van der Waals surface area contributed by atoms with Gasteiger partial charge in [-0.2, -0.15) is 0 Å². The van der Waals surface area contributed by atoms with Gasteiger partial charge in [-0.3, -0.25) is 9.78 Å². The third-order valence-corrected chi connectivity index (χ3v) is 4.06. The number of nitrogens with zero attached hydrogens (tertiary/aromatic N) is 3. The highest BCUT2D eigenvalue weighted by molar-refractivity contribution is 5.94. The lowest BCUT2D eigenvalue weighted by atomic mass is 9.94. The summed E-state index contributed by atoms with van der Waals surface area (Å²) >= 11 is 0. The summed E-state index contributed by atoms with van der Waals surface area (Å²) in [6.07, 6.45) is 5.38. The molecule has 2 aromatic rings. The number of anilines is 1. The van der Waals surface area contributed by atoms with Gasteiger partial charge in [-0.05, 0) is 37.1 Å². The minimum absolute atomic E-state index is 0.0579. The average molecular weight is 296 g/mol. The van der Waals surface area contributed by atoms with Gasteiger partial charge in [-0.1, -0.05) is 6.07 Å². The van der Waals surface area contributed by atoms with E-state index in [1.807, 2.05) is 36.2 Å². The van der Waals surface area contributed by atoms with Crippen LogP contribution in [0, 0.1) is 0 Å². The van der Waals surface area contributed by atoms with Crippen LogP contribution in [0.4, 0.5) is 5.82 Å². The molecule has 3 heterocycles. The summed E-state index contributed by atoms with van der Waals surface area (Å²) in [4.78, 5) is 23.1. The maximum Gasteiger partial charge on any atom is 0.255 e. The minimum atomic E-state index is 0.0579. The molecule has 0 aliphatic carbocycles. The van der Waals surface area contributed by atoms with Gasteiger partial charge in [0, 0.05) is 44.1 Å². The summed E-state index contributed by atoms with van der Waals surface area (Å²) in [6.45, 7) is 1.52. The molecule has 0 saturated carbocycles. The summed E-state index contributed by atoms with van der Waals surface area (Å²) in [5, 5.41) is 3.07. The minimum Gasteiger partial charge on any atom is -0.373 e. The molecule has 114 valence electrons. The quantitative estimate of drug-likeness (QED) is 0.945. The number of amides is 1. The fourth-order valence-corrected chi connectivity index (χ4v) is 2.89. The first-order valence-corrected chi connectivity index (χ1v) is 7.62. The molecule has 3 rings (SSSR count). The molecule has 1 fully saturated rings. The average Bonchev–Trinajstić information content (AvgIpc) is 2.62. The number of nitrogens with one attached hydrogen (secondary N) is 1. The Morgan fingerprint density at radius 1 is 1.32 bits per heavy atom. The van der Waals surface area contributed by atoms with E-state index in [2.05, 4.69) is 15.3 Å². The largest absolute Gasteiger partial charge is 0.373 e. The third kappa shape index (κ3) is 3.08. The van der Waals surface area contributed by atoms with E-state index in [-0.39, 0.29) is 5.91 Å². The predicted molar refractivity (Wildman–Crippen MR) is 85.9 cm³/mol. The van der Waals surface area contributed by atoms with Gasteiger partial charge < -0.3 is 10.2 Å². The first-order valence-electron chi connectivity index (χ1n) is 7.62. The number of hydrogen-bond acceptors (Lipinski definition) is 4. The molecule has 5 nitrogen and oxygen atoms in total. The monoisotopic (exact) mass is 296 g/mol. The van der Waals surface area contributed by atoms with Crippen molar-refractivity contribution in [3.05, 3.63) is 54.0 Å². The number of rotatable bonds is 3. The van der Waals surface area contributed by atoms with E-state index in [9.17, 15) is 4.79 Å². The normalized spacial score (nSPS) is 18.0. The van der Waals surface area contributed by atoms with Crippen LogP contribution in [0.25, 0.3) is 0 Å². The molecule has 1 aliphatic rings. The van der Waals surface area contributed by atoms with Crippen molar-refractivity contribution < 1.29 is 4.79 Å². The fourth-order valence-electron chi connectivity index (χ4n) is 2.89. The second kappa shape index (κ2) is 6.56. The molecule has 0 spiro atoms. The Morgan fingerprint density at radius 2 is 2.23 bits per heavy atom. The van der Waals surface area contributed by atoms with Crippen LogP contribution >= 0.6 is 0 Å². The zero-order valence-corrected chi connectivity index (χ0v) is 12.7. The van der Waals surface area contributed by atoms with Crippen molar-refractivity contribution in [3.63, 3.8) is 0 Å². The smallest absolute Gasteiger partial charge is 0.255 e. The van der Waals surface area contributed by atoms with Gasteiger partial charge in [0.2, 0.25) is 0 Å². The molecule has 0 unspecified atom stereocenters. The molecule has 1 aliphatic heterocycles. The third-order valence-electron chi connectivity index (χ3n) is 4.06. The lowest BCUT2D eigenvalue weighted by Gasteiger charge is -2.32. The van der Waals surface area contributed by atoms with Crippen molar-refractivity contribution in [2.24, 2.45) is 0 Å². The molecule has 0 bridgehead atoms. The highest BCUT2D eigenvalue weighted by Gasteiger charge is 2.26. The zero-order valence-electron chi connectivity index (χ0n) is 12.7. The second-order valence-electron chi connectivity index (χ2n) is 5.53. The molecule has 2 aromatic heterocycles. The molecule has 1 atom stereocenters. The topological polar surface area (TPSA) is 58.1 Å². The Bertz CT molecular complexity index is 644. The van der Waals surface area contributed by atoms with Crippen LogP contribution in [-0.2, 0) is 0 Å². The molecule has 1 saturated heterocycles. The van der Waals surface area contributed by atoms with E-state index in [1.54, 1.807) is 18.5 Å². The van der Waals surface area contributed by atoms with Crippen LogP contribution < -0.4 is 5.32 Å². The van der Waals surface area contributed by atoms with Gasteiger partial charge in [-0.15, -0.1) is 0 Å². The van der Waals surface area contributed by atoms with Gasteiger partial charge in [-0.25, -0.2) is 4.98 Å². The highest BCUT2D eigenvalue weighted by atomic mass is 16.2. The van der Waals surface area contributed by atoms with Crippen LogP contribution in [0.3, 0.4) is 0 Å². The van der Waals surface area contributed by atoms with E-state index in [1.165, 1.54) is 0 Å². The molecule has 0 aromatic carbocycles. The van der Waals surface area contributed by atoms with Crippen molar-refractivity contribution in [3.8, 4) is 0 Å². The van der Waals surface area contributed by atoms with Gasteiger partial charge in [0.25, 0.3) is 5.91 Å². The second-order valence-corrected chi connectivity index (χ2v) is 5.53.